The third-order valence-corrected chi connectivity index (χ3v) is 4.89. The molecule has 0 radical (unpaired) electrons. The molecule has 2 N–H and O–H groups in total. The minimum absolute atomic E-state index is 0.0201. The van der Waals surface area contributed by atoms with Crippen molar-refractivity contribution in [3.8, 4) is 5.75 Å². The van der Waals surface area contributed by atoms with E-state index in [4.69, 9.17) is 10.5 Å². The molecular weight excluding hydrogens is 280 g/mol. The number of nitrogens with two attached hydrogens (primary N) is 1. The molecule has 0 aliphatic carbocycles. The fraction of sp³-hybridized carbons (Fsp3) is 0.462. The van der Waals surface area contributed by atoms with Gasteiger partial charge in [-0.2, -0.15) is 0 Å². The van der Waals surface area contributed by atoms with Gasteiger partial charge in [0, 0.05) is 13.1 Å². The quantitative estimate of drug-likeness (QED) is 0.810. The fourth-order valence-corrected chi connectivity index (χ4v) is 3.30. The molecule has 1 aliphatic rings. The number of ether oxygens (including phenoxy) is 1. The molecule has 0 spiro atoms. The van der Waals surface area contributed by atoms with Crippen molar-refractivity contribution in [2.45, 2.75) is 6.42 Å². The molecule has 1 heterocycles. The Hall–Kier alpha value is -1.76. The van der Waals surface area contributed by atoms with E-state index in [0.717, 1.165) is 0 Å². The van der Waals surface area contributed by atoms with Gasteiger partial charge in [-0.15, -0.1) is 0 Å². The van der Waals surface area contributed by atoms with Gasteiger partial charge in [0.1, 0.15) is 5.75 Å². The first-order valence-electron chi connectivity index (χ1n) is 6.43. The minimum atomic E-state index is -3.01. The van der Waals surface area contributed by atoms with Crippen LogP contribution in [0.5, 0.6) is 5.75 Å². The Morgan fingerprint density at radius 2 is 2.00 bits per heavy atom. The van der Waals surface area contributed by atoms with Crippen LogP contribution in [0, 0.1) is 0 Å². The summed E-state index contributed by atoms with van der Waals surface area (Å²) >= 11 is 0. The van der Waals surface area contributed by atoms with Gasteiger partial charge < -0.3 is 15.4 Å². The normalized spacial score (nSPS) is 18.3. The van der Waals surface area contributed by atoms with Crippen molar-refractivity contribution in [2.24, 2.45) is 0 Å². The van der Waals surface area contributed by atoms with E-state index in [-0.39, 0.29) is 30.6 Å². The Morgan fingerprint density at radius 1 is 1.25 bits per heavy atom. The first-order valence-corrected chi connectivity index (χ1v) is 8.25. The molecule has 1 amide bonds. The average molecular weight is 298 g/mol. The number of anilines is 1. The second-order valence-electron chi connectivity index (χ2n) is 4.71. The first-order chi connectivity index (χ1) is 9.48. The maximum atomic E-state index is 12.0. The third-order valence-electron chi connectivity index (χ3n) is 3.18. The zero-order chi connectivity index (χ0) is 14.6. The summed E-state index contributed by atoms with van der Waals surface area (Å²) in [5.74, 6) is 0.406. The summed E-state index contributed by atoms with van der Waals surface area (Å²) in [5.41, 5.74) is 6.19. The number of hydrogen-bond donors (Lipinski definition) is 1. The summed E-state index contributed by atoms with van der Waals surface area (Å²) in [7, 11) is -3.01. The SMILES string of the molecule is Nc1ccccc1OCC(=O)N1CCCS(=O)(=O)CC1. The molecule has 20 heavy (non-hydrogen) atoms. The molecule has 7 heteroatoms. The minimum Gasteiger partial charge on any atom is -0.482 e. The molecule has 0 atom stereocenters. The average Bonchev–Trinajstić information content (AvgIpc) is 2.58. The number of benzene rings is 1. The maximum Gasteiger partial charge on any atom is 0.260 e. The number of hydrogen-bond acceptors (Lipinski definition) is 5. The van der Waals surface area contributed by atoms with Crippen molar-refractivity contribution in [3.63, 3.8) is 0 Å². The van der Waals surface area contributed by atoms with Crippen molar-refractivity contribution in [1.82, 2.24) is 4.90 Å². The third kappa shape index (κ3) is 3.86. The van der Waals surface area contributed by atoms with Gasteiger partial charge in [-0.3, -0.25) is 4.79 Å². The van der Waals surface area contributed by atoms with Crippen molar-refractivity contribution >= 4 is 21.4 Å². The van der Waals surface area contributed by atoms with Gasteiger partial charge in [0.2, 0.25) is 0 Å². The highest BCUT2D eigenvalue weighted by Gasteiger charge is 2.22. The van der Waals surface area contributed by atoms with E-state index >= 15 is 0 Å². The van der Waals surface area contributed by atoms with E-state index in [9.17, 15) is 13.2 Å². The number of carbonyl (C=O) groups excluding carboxylic acids is 1. The molecule has 110 valence electrons. The smallest absolute Gasteiger partial charge is 0.260 e. The number of amides is 1. The molecule has 2 rings (SSSR count). The molecule has 6 nitrogen and oxygen atoms in total. The molecule has 0 aromatic heterocycles. The van der Waals surface area contributed by atoms with Crippen LogP contribution in [-0.2, 0) is 14.6 Å². The van der Waals surface area contributed by atoms with Crippen molar-refractivity contribution < 1.29 is 17.9 Å². The van der Waals surface area contributed by atoms with E-state index in [0.29, 0.717) is 24.4 Å². The van der Waals surface area contributed by atoms with Crippen LogP contribution in [0.1, 0.15) is 6.42 Å². The van der Waals surface area contributed by atoms with Crippen molar-refractivity contribution in [2.75, 3.05) is 36.9 Å². The summed E-state index contributed by atoms with van der Waals surface area (Å²) < 4.78 is 28.3. The van der Waals surface area contributed by atoms with E-state index in [1.54, 1.807) is 24.3 Å². The van der Waals surface area contributed by atoms with Gasteiger partial charge in [-0.1, -0.05) is 12.1 Å². The lowest BCUT2D eigenvalue weighted by atomic mass is 10.3. The summed E-state index contributed by atoms with van der Waals surface area (Å²) in [6.45, 7) is 0.550. The lowest BCUT2D eigenvalue weighted by Gasteiger charge is -2.20. The second-order valence-corrected chi connectivity index (χ2v) is 7.02. The summed E-state index contributed by atoms with van der Waals surface area (Å²) in [5, 5.41) is 0. The largest absolute Gasteiger partial charge is 0.482 e. The molecule has 1 saturated heterocycles. The standard InChI is InChI=1S/C13H18N2O4S/c14-11-4-1-2-5-12(11)19-10-13(16)15-6-3-8-20(17,18)9-7-15/h1-2,4-5H,3,6-10,14H2. The topological polar surface area (TPSA) is 89.7 Å². The van der Waals surface area contributed by atoms with E-state index in [2.05, 4.69) is 0 Å². The number of para-hydroxylation sites is 2. The monoisotopic (exact) mass is 298 g/mol. The van der Waals surface area contributed by atoms with Gasteiger partial charge in [0.25, 0.3) is 5.91 Å². The number of rotatable bonds is 3. The summed E-state index contributed by atoms with van der Waals surface area (Å²) in [4.78, 5) is 13.5. The van der Waals surface area contributed by atoms with Gasteiger partial charge in [0.15, 0.2) is 16.4 Å². The van der Waals surface area contributed by atoms with E-state index in [1.165, 1.54) is 4.90 Å². The Bertz CT molecular complexity index is 586. The fourth-order valence-electron chi connectivity index (χ4n) is 2.03. The molecule has 1 fully saturated rings. The summed E-state index contributed by atoms with van der Waals surface area (Å²) in [6, 6.07) is 6.94. The maximum absolute atomic E-state index is 12.0. The van der Waals surface area contributed by atoms with Crippen LogP contribution >= 0.6 is 0 Å². The van der Waals surface area contributed by atoms with Crippen LogP contribution in [0.15, 0.2) is 24.3 Å². The van der Waals surface area contributed by atoms with E-state index in [1.807, 2.05) is 0 Å². The van der Waals surface area contributed by atoms with Gasteiger partial charge >= 0.3 is 0 Å². The Morgan fingerprint density at radius 3 is 2.75 bits per heavy atom. The number of sulfone groups is 1. The molecule has 1 aromatic carbocycles. The highest BCUT2D eigenvalue weighted by atomic mass is 32.2. The number of carbonyl (C=O) groups is 1. The molecule has 0 saturated carbocycles. The van der Waals surface area contributed by atoms with Crippen LogP contribution in [0.3, 0.4) is 0 Å². The summed E-state index contributed by atoms with van der Waals surface area (Å²) in [6.07, 6.45) is 0.474. The number of nitrogen functional groups attached to an aromatic ring is 1. The Kier molecular flexibility index (Phi) is 4.49. The zero-order valence-corrected chi connectivity index (χ0v) is 11.9. The highest BCUT2D eigenvalue weighted by molar-refractivity contribution is 7.91. The van der Waals surface area contributed by atoms with Crippen LogP contribution in [0.2, 0.25) is 0 Å². The predicted molar refractivity (Wildman–Crippen MR) is 76.2 cm³/mol. The lowest BCUT2D eigenvalue weighted by molar-refractivity contribution is -0.133. The predicted octanol–water partition coefficient (Wildman–Crippen LogP) is 0.295. The molecule has 0 unspecified atom stereocenters. The number of nitrogens with zero attached hydrogens (tertiary/aromatic N) is 1. The Balaban J connectivity index is 1.91. The van der Waals surface area contributed by atoms with Gasteiger partial charge in [-0.25, -0.2) is 8.42 Å². The van der Waals surface area contributed by atoms with Crippen molar-refractivity contribution in [3.05, 3.63) is 24.3 Å². The van der Waals surface area contributed by atoms with Crippen LogP contribution in [0.25, 0.3) is 0 Å². The van der Waals surface area contributed by atoms with Crippen LogP contribution in [0.4, 0.5) is 5.69 Å². The zero-order valence-electron chi connectivity index (χ0n) is 11.1. The van der Waals surface area contributed by atoms with Crippen LogP contribution < -0.4 is 10.5 Å². The molecule has 1 aromatic rings. The lowest BCUT2D eigenvalue weighted by Crippen LogP contribution is -2.37. The van der Waals surface area contributed by atoms with Crippen molar-refractivity contribution in [1.29, 1.82) is 0 Å². The molecule has 0 bridgehead atoms. The van der Waals surface area contributed by atoms with E-state index < -0.39 is 9.84 Å². The van der Waals surface area contributed by atoms with Gasteiger partial charge in [-0.05, 0) is 18.6 Å². The first kappa shape index (κ1) is 14.6. The Labute approximate surface area is 118 Å². The molecule has 1 aliphatic heterocycles. The second kappa shape index (κ2) is 6.13. The van der Waals surface area contributed by atoms with Crippen LogP contribution in [-0.4, -0.2) is 50.4 Å². The highest BCUT2D eigenvalue weighted by Crippen LogP contribution is 2.19. The van der Waals surface area contributed by atoms with Gasteiger partial charge in [0.05, 0.1) is 17.2 Å². The molecular formula is C13H18N2O4S.